The Labute approximate surface area is 114 Å². The van der Waals surface area contributed by atoms with Gasteiger partial charge in [0, 0.05) is 37.8 Å². The van der Waals surface area contributed by atoms with Gasteiger partial charge < -0.3 is 9.88 Å². The van der Waals surface area contributed by atoms with Gasteiger partial charge in [-0.05, 0) is 6.07 Å². The van der Waals surface area contributed by atoms with E-state index in [1.54, 1.807) is 24.0 Å². The fourth-order valence-electron chi connectivity index (χ4n) is 1.41. The van der Waals surface area contributed by atoms with Gasteiger partial charge in [-0.15, -0.1) is 0 Å². The number of pyridine rings is 1. The summed E-state index contributed by atoms with van der Waals surface area (Å²) < 4.78 is 1.95. The van der Waals surface area contributed by atoms with Crippen molar-refractivity contribution in [1.82, 2.24) is 14.5 Å². The molecule has 0 radical (unpaired) electrons. The molecular weight excluding hydrogens is 266 g/mol. The molecule has 0 saturated carbocycles. The van der Waals surface area contributed by atoms with Crippen molar-refractivity contribution in [3.05, 3.63) is 40.8 Å². The SMILES string of the molecule is Cn1ccnc1SCCNc1ccc([N+](=O)[O-])cn1. The molecule has 0 aliphatic heterocycles. The number of hydrogen-bond acceptors (Lipinski definition) is 6. The first-order valence-electron chi connectivity index (χ1n) is 5.61. The Morgan fingerprint density at radius 1 is 1.47 bits per heavy atom. The molecular formula is C11H13N5O2S. The summed E-state index contributed by atoms with van der Waals surface area (Å²) in [4.78, 5) is 18.2. The molecule has 2 heterocycles. The third-order valence-corrected chi connectivity index (χ3v) is 3.43. The van der Waals surface area contributed by atoms with Gasteiger partial charge in [0.2, 0.25) is 0 Å². The number of hydrogen-bond donors (Lipinski definition) is 1. The van der Waals surface area contributed by atoms with E-state index in [2.05, 4.69) is 15.3 Å². The maximum Gasteiger partial charge on any atom is 0.287 e. The quantitative estimate of drug-likeness (QED) is 0.376. The Morgan fingerprint density at radius 2 is 2.32 bits per heavy atom. The normalized spacial score (nSPS) is 10.4. The monoisotopic (exact) mass is 279 g/mol. The van der Waals surface area contributed by atoms with Crippen molar-refractivity contribution in [2.45, 2.75) is 5.16 Å². The summed E-state index contributed by atoms with van der Waals surface area (Å²) in [5.74, 6) is 1.47. The summed E-state index contributed by atoms with van der Waals surface area (Å²) >= 11 is 1.63. The Morgan fingerprint density at radius 3 is 2.89 bits per heavy atom. The number of nitrogens with zero attached hydrogens (tertiary/aromatic N) is 4. The summed E-state index contributed by atoms with van der Waals surface area (Å²) in [6.45, 7) is 0.711. The molecule has 0 unspecified atom stereocenters. The molecule has 0 spiro atoms. The molecule has 100 valence electrons. The van der Waals surface area contributed by atoms with E-state index in [4.69, 9.17) is 0 Å². The summed E-state index contributed by atoms with van der Waals surface area (Å²) in [7, 11) is 1.95. The van der Waals surface area contributed by atoms with Gasteiger partial charge in [-0.25, -0.2) is 9.97 Å². The van der Waals surface area contributed by atoms with Gasteiger partial charge in [0.25, 0.3) is 5.69 Å². The van der Waals surface area contributed by atoms with E-state index in [9.17, 15) is 10.1 Å². The maximum atomic E-state index is 10.5. The molecule has 7 nitrogen and oxygen atoms in total. The molecule has 0 fully saturated rings. The number of aryl methyl sites for hydroxylation is 1. The van der Waals surface area contributed by atoms with Gasteiger partial charge in [-0.2, -0.15) is 0 Å². The first kappa shape index (κ1) is 13.3. The number of thioether (sulfide) groups is 1. The zero-order valence-electron chi connectivity index (χ0n) is 10.3. The van der Waals surface area contributed by atoms with Crippen LogP contribution in [0.4, 0.5) is 11.5 Å². The lowest BCUT2D eigenvalue weighted by Crippen LogP contribution is -2.06. The second kappa shape index (κ2) is 6.19. The van der Waals surface area contributed by atoms with Crippen molar-refractivity contribution in [2.24, 2.45) is 7.05 Å². The highest BCUT2D eigenvalue weighted by molar-refractivity contribution is 7.99. The van der Waals surface area contributed by atoms with Gasteiger partial charge >= 0.3 is 0 Å². The fraction of sp³-hybridized carbons (Fsp3) is 0.273. The van der Waals surface area contributed by atoms with Crippen LogP contribution in [0.2, 0.25) is 0 Å². The summed E-state index contributed by atoms with van der Waals surface area (Å²) in [5, 5.41) is 14.5. The van der Waals surface area contributed by atoms with Crippen LogP contribution < -0.4 is 5.32 Å². The molecule has 0 saturated heterocycles. The summed E-state index contributed by atoms with van der Waals surface area (Å²) in [5.41, 5.74) is -0.00654. The molecule has 19 heavy (non-hydrogen) atoms. The summed E-state index contributed by atoms with van der Waals surface area (Å²) in [6.07, 6.45) is 4.90. The van der Waals surface area contributed by atoms with Crippen LogP contribution >= 0.6 is 11.8 Å². The molecule has 8 heteroatoms. The van der Waals surface area contributed by atoms with Crippen molar-refractivity contribution in [3.63, 3.8) is 0 Å². The van der Waals surface area contributed by atoms with E-state index < -0.39 is 4.92 Å². The first-order valence-corrected chi connectivity index (χ1v) is 6.60. The molecule has 2 rings (SSSR count). The molecule has 0 atom stereocenters. The molecule has 0 aromatic carbocycles. The lowest BCUT2D eigenvalue weighted by atomic mass is 10.4. The highest BCUT2D eigenvalue weighted by atomic mass is 32.2. The zero-order chi connectivity index (χ0) is 13.7. The highest BCUT2D eigenvalue weighted by Crippen LogP contribution is 2.15. The van der Waals surface area contributed by atoms with Crippen LogP contribution in [0.25, 0.3) is 0 Å². The minimum atomic E-state index is -0.465. The Bertz CT molecular complexity index is 554. The van der Waals surface area contributed by atoms with Gasteiger partial charge in [-0.1, -0.05) is 11.8 Å². The predicted octanol–water partition coefficient (Wildman–Crippen LogP) is 1.93. The van der Waals surface area contributed by atoms with Crippen LogP contribution in [0.1, 0.15) is 0 Å². The zero-order valence-corrected chi connectivity index (χ0v) is 11.1. The number of nitrogens with one attached hydrogen (secondary N) is 1. The third-order valence-electron chi connectivity index (χ3n) is 2.38. The van der Waals surface area contributed by atoms with Gasteiger partial charge in [0.1, 0.15) is 12.0 Å². The van der Waals surface area contributed by atoms with E-state index in [1.165, 1.54) is 12.3 Å². The number of nitro groups is 1. The molecule has 2 aromatic heterocycles. The van der Waals surface area contributed by atoms with Crippen molar-refractivity contribution in [2.75, 3.05) is 17.6 Å². The van der Waals surface area contributed by atoms with Gasteiger partial charge in [-0.3, -0.25) is 10.1 Å². The van der Waals surface area contributed by atoms with Crippen molar-refractivity contribution in [1.29, 1.82) is 0 Å². The molecule has 0 aliphatic carbocycles. The Kier molecular flexibility index (Phi) is 4.35. The lowest BCUT2D eigenvalue weighted by Gasteiger charge is -2.04. The van der Waals surface area contributed by atoms with Crippen molar-refractivity contribution >= 4 is 23.3 Å². The van der Waals surface area contributed by atoms with E-state index >= 15 is 0 Å². The second-order valence-corrected chi connectivity index (χ2v) is 4.82. The van der Waals surface area contributed by atoms with Gasteiger partial charge in [0.05, 0.1) is 4.92 Å². The van der Waals surface area contributed by atoms with E-state index in [-0.39, 0.29) is 5.69 Å². The minimum absolute atomic E-state index is 0.00654. The van der Waals surface area contributed by atoms with Crippen LogP contribution in [0.5, 0.6) is 0 Å². The smallest absolute Gasteiger partial charge is 0.287 e. The minimum Gasteiger partial charge on any atom is -0.369 e. The Balaban J connectivity index is 1.76. The number of anilines is 1. The molecule has 0 amide bonds. The van der Waals surface area contributed by atoms with Crippen LogP contribution in [0.15, 0.2) is 35.9 Å². The number of rotatable bonds is 6. The molecule has 1 N–H and O–H groups in total. The standard InChI is InChI=1S/C11H13N5O2S/c1-15-6-4-13-11(15)19-7-5-12-10-3-2-9(8-14-10)16(17)18/h2-4,6,8H,5,7H2,1H3,(H,12,14). The van der Waals surface area contributed by atoms with Crippen LogP contribution in [-0.4, -0.2) is 31.8 Å². The maximum absolute atomic E-state index is 10.5. The average molecular weight is 279 g/mol. The number of imidazole rings is 1. The van der Waals surface area contributed by atoms with E-state index in [0.29, 0.717) is 12.4 Å². The topological polar surface area (TPSA) is 85.9 Å². The largest absolute Gasteiger partial charge is 0.369 e. The predicted molar refractivity (Wildman–Crippen MR) is 73.3 cm³/mol. The molecule has 2 aromatic rings. The Hall–Kier alpha value is -2.09. The molecule has 0 bridgehead atoms. The van der Waals surface area contributed by atoms with Crippen LogP contribution in [-0.2, 0) is 7.05 Å². The van der Waals surface area contributed by atoms with Crippen LogP contribution in [0.3, 0.4) is 0 Å². The van der Waals surface area contributed by atoms with Crippen molar-refractivity contribution < 1.29 is 4.92 Å². The van der Waals surface area contributed by atoms with Crippen molar-refractivity contribution in [3.8, 4) is 0 Å². The average Bonchev–Trinajstić information content (AvgIpc) is 2.81. The fourth-order valence-corrected chi connectivity index (χ4v) is 2.20. The lowest BCUT2D eigenvalue weighted by molar-refractivity contribution is -0.385. The number of aromatic nitrogens is 3. The molecule has 0 aliphatic rings. The first-order chi connectivity index (χ1) is 9.16. The van der Waals surface area contributed by atoms with E-state index in [1.807, 2.05) is 17.8 Å². The third kappa shape index (κ3) is 3.68. The second-order valence-electron chi connectivity index (χ2n) is 3.75. The summed E-state index contributed by atoms with van der Waals surface area (Å²) in [6, 6.07) is 3.03. The van der Waals surface area contributed by atoms with Crippen LogP contribution in [0, 0.1) is 10.1 Å². The van der Waals surface area contributed by atoms with E-state index in [0.717, 1.165) is 10.9 Å². The highest BCUT2D eigenvalue weighted by Gasteiger charge is 2.05. The van der Waals surface area contributed by atoms with Gasteiger partial charge in [0.15, 0.2) is 5.16 Å².